The van der Waals surface area contributed by atoms with Crippen molar-refractivity contribution in [2.75, 3.05) is 36.4 Å². The van der Waals surface area contributed by atoms with E-state index in [1.165, 1.54) is 36.5 Å². The summed E-state index contributed by atoms with van der Waals surface area (Å²) in [6.07, 6.45) is 0.166. The predicted octanol–water partition coefficient (Wildman–Crippen LogP) is 5.12. The van der Waals surface area contributed by atoms with Gasteiger partial charge in [-0.25, -0.2) is 13.8 Å². The number of hydrogen-bond acceptors (Lipinski definition) is 8. The van der Waals surface area contributed by atoms with Crippen molar-refractivity contribution in [2.24, 2.45) is 11.7 Å². The van der Waals surface area contributed by atoms with Gasteiger partial charge in [-0.15, -0.1) is 0 Å². The van der Waals surface area contributed by atoms with Crippen LogP contribution in [0.3, 0.4) is 0 Å². The fraction of sp³-hybridized carbons (Fsp3) is 0.387. The summed E-state index contributed by atoms with van der Waals surface area (Å²) >= 11 is 5.90. The summed E-state index contributed by atoms with van der Waals surface area (Å²) < 4.78 is 62.2. The molecule has 242 valence electrons. The highest BCUT2D eigenvalue weighted by Gasteiger charge is 2.50. The molecule has 3 aliphatic rings. The van der Waals surface area contributed by atoms with E-state index in [4.69, 9.17) is 27.5 Å². The highest BCUT2D eigenvalue weighted by molar-refractivity contribution is 6.30. The normalized spacial score (nSPS) is 18.6. The maximum atomic E-state index is 14.9. The van der Waals surface area contributed by atoms with Crippen LogP contribution in [0.15, 0.2) is 36.5 Å². The molecule has 6 rings (SSSR count). The molecule has 10 nitrogen and oxygen atoms in total. The molecule has 2 aromatic heterocycles. The largest absolute Gasteiger partial charge is 0.482 e. The molecule has 2 aliphatic heterocycles. The molecular formula is C31H30ClF4N7O3. The van der Waals surface area contributed by atoms with Gasteiger partial charge in [0.1, 0.15) is 5.82 Å². The van der Waals surface area contributed by atoms with Gasteiger partial charge >= 0.3 is 12.0 Å². The van der Waals surface area contributed by atoms with Crippen LogP contribution in [0.2, 0.25) is 5.02 Å². The standard InChI is InChI=1S/C31H30ClF4N7O3/c32-19-4-5-20(40-14-19)15-43-23-6-3-18(12-24(23)46-31(35,36)29(43)45)25-21(13-37)28(39-8-10-42-9-7-30(33,34)16-42)41-22(11-17-1-2-17)26(25)27(38)44/h3-6,12-14,17,37H,1-2,7-11,15-16H2,(H2,38,44)(H,39,41). The molecule has 0 radical (unpaired) electrons. The summed E-state index contributed by atoms with van der Waals surface area (Å²) in [4.78, 5) is 36.9. The molecule has 2 fully saturated rings. The number of likely N-dealkylation sites (tertiary alicyclic amines) is 1. The zero-order valence-electron chi connectivity index (χ0n) is 24.5. The first kappa shape index (κ1) is 31.7. The van der Waals surface area contributed by atoms with Gasteiger partial charge < -0.3 is 21.2 Å². The van der Waals surface area contributed by atoms with Gasteiger partial charge in [-0.2, -0.15) is 8.78 Å². The van der Waals surface area contributed by atoms with Crippen molar-refractivity contribution < 1.29 is 31.9 Å². The van der Waals surface area contributed by atoms with Crippen molar-refractivity contribution in [1.29, 1.82) is 5.41 Å². The van der Waals surface area contributed by atoms with E-state index in [-0.39, 0.29) is 84.6 Å². The van der Waals surface area contributed by atoms with Gasteiger partial charge in [-0.05, 0) is 55.0 Å². The van der Waals surface area contributed by atoms with Crippen LogP contribution in [0.5, 0.6) is 5.75 Å². The summed E-state index contributed by atoms with van der Waals surface area (Å²) in [5.74, 6) is -4.99. The number of nitrogens with two attached hydrogens (primary N) is 1. The average Bonchev–Trinajstić information content (AvgIpc) is 3.75. The van der Waals surface area contributed by atoms with Crippen molar-refractivity contribution >= 4 is 41.1 Å². The Hall–Kier alpha value is -4.30. The Morgan fingerprint density at radius 2 is 2.00 bits per heavy atom. The summed E-state index contributed by atoms with van der Waals surface area (Å²) in [6, 6.07) is 7.23. The minimum absolute atomic E-state index is 0.0379. The molecule has 4 heterocycles. The Kier molecular flexibility index (Phi) is 8.36. The van der Waals surface area contributed by atoms with Crippen LogP contribution in [0.1, 0.15) is 46.6 Å². The minimum atomic E-state index is -4.20. The molecule has 4 N–H and O–H groups in total. The number of alkyl halides is 4. The van der Waals surface area contributed by atoms with Gasteiger partial charge in [0.15, 0.2) is 5.75 Å². The lowest BCUT2D eigenvalue weighted by atomic mass is 9.91. The smallest absolute Gasteiger partial charge is 0.423 e. The maximum Gasteiger partial charge on any atom is 0.482 e. The lowest BCUT2D eigenvalue weighted by Gasteiger charge is -2.33. The Morgan fingerprint density at radius 3 is 2.63 bits per heavy atom. The average molecular weight is 660 g/mol. The Morgan fingerprint density at radius 1 is 1.22 bits per heavy atom. The Labute approximate surface area is 266 Å². The molecular weight excluding hydrogens is 630 g/mol. The fourth-order valence-corrected chi connectivity index (χ4v) is 5.92. The number of nitrogens with one attached hydrogen (secondary N) is 2. The SMILES string of the molecule is N=Cc1c(NCCN2CCC(F)(F)C2)nc(CC2CC2)c(C(N)=O)c1-c1ccc2c(c1)OC(F)(F)C(=O)N2Cc1ccc(Cl)cn1. The number of anilines is 2. The highest BCUT2D eigenvalue weighted by Crippen LogP contribution is 2.44. The monoisotopic (exact) mass is 659 g/mol. The van der Waals surface area contributed by atoms with Crippen molar-refractivity contribution in [3.8, 4) is 16.9 Å². The summed E-state index contributed by atoms with van der Waals surface area (Å²) in [5, 5.41) is 11.7. The molecule has 46 heavy (non-hydrogen) atoms. The van der Waals surface area contributed by atoms with E-state index in [1.807, 2.05) is 0 Å². The number of primary amides is 1. The molecule has 0 atom stereocenters. The van der Waals surface area contributed by atoms with Crippen LogP contribution in [0, 0.1) is 11.3 Å². The first-order chi connectivity index (χ1) is 21.8. The molecule has 1 saturated carbocycles. The second kappa shape index (κ2) is 12.1. The number of carbonyl (C=O) groups excluding carboxylic acids is 2. The lowest BCUT2D eigenvalue weighted by Crippen LogP contribution is -2.50. The number of amides is 2. The van der Waals surface area contributed by atoms with E-state index in [0.717, 1.165) is 24.0 Å². The second-order valence-electron chi connectivity index (χ2n) is 11.7. The van der Waals surface area contributed by atoms with E-state index < -0.39 is 23.8 Å². The summed E-state index contributed by atoms with van der Waals surface area (Å²) in [5.41, 5.74) is 7.20. The number of hydrogen-bond donors (Lipinski definition) is 3. The number of benzene rings is 1. The number of nitrogens with zero attached hydrogens (tertiary/aromatic N) is 4. The van der Waals surface area contributed by atoms with Crippen molar-refractivity contribution in [2.45, 2.75) is 44.3 Å². The maximum absolute atomic E-state index is 14.9. The van der Waals surface area contributed by atoms with E-state index in [1.54, 1.807) is 4.90 Å². The molecule has 15 heteroatoms. The minimum Gasteiger partial charge on any atom is -0.423 e. The van der Waals surface area contributed by atoms with Gasteiger partial charge in [0.25, 0.3) is 11.8 Å². The predicted molar refractivity (Wildman–Crippen MR) is 163 cm³/mol. The molecule has 0 spiro atoms. The van der Waals surface area contributed by atoms with Gasteiger partial charge in [0.2, 0.25) is 0 Å². The molecule has 1 aliphatic carbocycles. The summed E-state index contributed by atoms with van der Waals surface area (Å²) in [7, 11) is 0. The lowest BCUT2D eigenvalue weighted by molar-refractivity contribution is -0.193. The van der Waals surface area contributed by atoms with Crippen LogP contribution in [0.25, 0.3) is 11.1 Å². The van der Waals surface area contributed by atoms with Crippen LogP contribution >= 0.6 is 11.6 Å². The van der Waals surface area contributed by atoms with Crippen LogP contribution in [0.4, 0.5) is 29.1 Å². The first-order valence-electron chi connectivity index (χ1n) is 14.7. The topological polar surface area (TPSA) is 138 Å². The molecule has 3 aromatic rings. The number of pyridine rings is 2. The molecule has 0 bridgehead atoms. The molecule has 2 amide bonds. The molecule has 0 unspecified atom stereocenters. The quantitative estimate of drug-likeness (QED) is 0.192. The van der Waals surface area contributed by atoms with E-state index in [9.17, 15) is 27.2 Å². The van der Waals surface area contributed by atoms with Crippen molar-refractivity contribution in [1.82, 2.24) is 14.9 Å². The van der Waals surface area contributed by atoms with Crippen LogP contribution < -0.4 is 20.7 Å². The van der Waals surface area contributed by atoms with Crippen molar-refractivity contribution in [3.05, 3.63) is 64.1 Å². The number of fused-ring (bicyclic) bond motifs is 1. The van der Waals surface area contributed by atoms with Crippen LogP contribution in [-0.2, 0) is 17.8 Å². The summed E-state index contributed by atoms with van der Waals surface area (Å²) in [6.45, 7) is 0.0972. The third-order valence-electron chi connectivity index (χ3n) is 8.23. The zero-order chi connectivity index (χ0) is 32.8. The van der Waals surface area contributed by atoms with E-state index in [2.05, 4.69) is 15.3 Å². The Balaban J connectivity index is 1.41. The number of rotatable bonds is 11. The molecule has 1 saturated heterocycles. The number of carbonyl (C=O) groups is 2. The Bertz CT molecular complexity index is 1700. The number of aromatic nitrogens is 2. The zero-order valence-corrected chi connectivity index (χ0v) is 25.2. The third kappa shape index (κ3) is 6.49. The van der Waals surface area contributed by atoms with Crippen molar-refractivity contribution in [3.63, 3.8) is 0 Å². The first-order valence-corrected chi connectivity index (χ1v) is 15.1. The van der Waals surface area contributed by atoms with Gasteiger partial charge in [0.05, 0.1) is 40.8 Å². The fourth-order valence-electron chi connectivity index (χ4n) is 5.80. The van der Waals surface area contributed by atoms with Gasteiger partial charge in [-0.3, -0.25) is 24.4 Å². The molecule has 1 aromatic carbocycles. The van der Waals surface area contributed by atoms with E-state index in [0.29, 0.717) is 22.8 Å². The van der Waals surface area contributed by atoms with Gasteiger partial charge in [-0.1, -0.05) is 17.7 Å². The number of halogens is 5. The second-order valence-corrected chi connectivity index (χ2v) is 12.1. The van der Waals surface area contributed by atoms with E-state index >= 15 is 0 Å². The van der Waals surface area contributed by atoms with Gasteiger partial charge in [0, 0.05) is 49.6 Å². The van der Waals surface area contributed by atoms with Crippen LogP contribution in [-0.4, -0.2) is 71.1 Å². The highest BCUT2D eigenvalue weighted by atomic mass is 35.5. The third-order valence-corrected chi connectivity index (χ3v) is 8.45. The number of ether oxygens (including phenoxy) is 1.